The van der Waals surface area contributed by atoms with Crippen LogP contribution in [0.1, 0.15) is 96.8 Å². The van der Waals surface area contributed by atoms with Crippen molar-refractivity contribution in [3.63, 3.8) is 0 Å². The summed E-state index contributed by atoms with van der Waals surface area (Å²) in [6, 6.07) is 0. The van der Waals surface area contributed by atoms with E-state index in [4.69, 9.17) is 5.11 Å². The number of unbranched alkanes of at least 4 members (excludes halogenated alkanes) is 6. The molecular formula is C18H34O2. The highest BCUT2D eigenvalue weighted by molar-refractivity contribution is 5.66. The largest absolute Gasteiger partial charge is 0.481 e. The minimum absolute atomic E-state index is 0.362. The van der Waals surface area contributed by atoms with Gasteiger partial charge in [-0.25, -0.2) is 0 Å². The van der Waals surface area contributed by atoms with Crippen molar-refractivity contribution in [1.82, 2.24) is 0 Å². The lowest BCUT2D eigenvalue weighted by atomic mass is 9.87. The number of aliphatic carboxylic acids is 1. The first kappa shape index (κ1) is 17.5. The summed E-state index contributed by atoms with van der Waals surface area (Å²) in [5, 5.41) is 8.72. The molecule has 20 heavy (non-hydrogen) atoms. The molecule has 0 radical (unpaired) electrons. The summed E-state index contributed by atoms with van der Waals surface area (Å²) in [7, 11) is 0. The topological polar surface area (TPSA) is 37.3 Å². The Balaban J connectivity index is 2.02. The molecule has 0 aliphatic heterocycles. The van der Waals surface area contributed by atoms with E-state index >= 15 is 0 Å². The maximum atomic E-state index is 10.6. The first-order chi connectivity index (χ1) is 9.74. The molecule has 0 aromatic heterocycles. The second-order valence-corrected chi connectivity index (χ2v) is 6.65. The van der Waals surface area contributed by atoms with Crippen molar-refractivity contribution < 1.29 is 9.90 Å². The number of carbonyl (C=O) groups is 1. The summed E-state index contributed by atoms with van der Waals surface area (Å²) in [4.78, 5) is 10.6. The molecule has 2 atom stereocenters. The Morgan fingerprint density at radius 2 is 1.45 bits per heavy atom. The highest BCUT2D eigenvalue weighted by atomic mass is 16.4. The number of hydrogen-bond donors (Lipinski definition) is 1. The van der Waals surface area contributed by atoms with Crippen molar-refractivity contribution in [2.75, 3.05) is 0 Å². The van der Waals surface area contributed by atoms with Gasteiger partial charge >= 0.3 is 5.97 Å². The van der Waals surface area contributed by atoms with Crippen LogP contribution in [-0.4, -0.2) is 11.1 Å². The van der Waals surface area contributed by atoms with E-state index in [9.17, 15) is 4.79 Å². The summed E-state index contributed by atoms with van der Waals surface area (Å²) in [6.07, 6.45) is 17.7. The highest BCUT2D eigenvalue weighted by Crippen LogP contribution is 2.38. The normalized spacial score (nSPS) is 22.2. The van der Waals surface area contributed by atoms with Crippen LogP contribution in [0.2, 0.25) is 0 Å². The minimum atomic E-state index is -0.633. The van der Waals surface area contributed by atoms with Gasteiger partial charge < -0.3 is 5.11 Å². The zero-order chi connectivity index (χ0) is 14.6. The van der Waals surface area contributed by atoms with Gasteiger partial charge in [0.1, 0.15) is 0 Å². The smallest absolute Gasteiger partial charge is 0.303 e. The fourth-order valence-corrected chi connectivity index (χ4v) is 3.75. The second kappa shape index (κ2) is 11.2. The Kier molecular flexibility index (Phi) is 9.78. The van der Waals surface area contributed by atoms with Crippen LogP contribution in [0.25, 0.3) is 0 Å². The molecule has 118 valence electrons. The van der Waals surface area contributed by atoms with E-state index < -0.39 is 5.97 Å². The number of hydrogen-bond acceptors (Lipinski definition) is 1. The Labute approximate surface area is 125 Å². The maximum absolute atomic E-state index is 10.6. The Morgan fingerprint density at radius 3 is 2.05 bits per heavy atom. The third-order valence-electron chi connectivity index (χ3n) is 4.96. The van der Waals surface area contributed by atoms with Crippen molar-refractivity contribution in [3.05, 3.63) is 0 Å². The van der Waals surface area contributed by atoms with Crippen LogP contribution in [0.3, 0.4) is 0 Å². The molecule has 1 N–H and O–H groups in total. The first-order valence-electron chi connectivity index (χ1n) is 8.95. The Hall–Kier alpha value is -0.530. The van der Waals surface area contributed by atoms with Crippen LogP contribution in [0.15, 0.2) is 0 Å². The lowest BCUT2D eigenvalue weighted by Crippen LogP contribution is -2.09. The van der Waals surface area contributed by atoms with Crippen molar-refractivity contribution in [2.24, 2.45) is 11.8 Å². The summed E-state index contributed by atoms with van der Waals surface area (Å²) in [6.45, 7) is 2.27. The van der Waals surface area contributed by atoms with E-state index in [0.29, 0.717) is 6.42 Å². The zero-order valence-electron chi connectivity index (χ0n) is 13.4. The van der Waals surface area contributed by atoms with Crippen LogP contribution >= 0.6 is 0 Å². The quantitative estimate of drug-likeness (QED) is 0.459. The molecule has 0 amide bonds. The van der Waals surface area contributed by atoms with Gasteiger partial charge in [-0.2, -0.15) is 0 Å². The molecule has 0 bridgehead atoms. The van der Waals surface area contributed by atoms with Gasteiger partial charge in [0, 0.05) is 6.42 Å². The van der Waals surface area contributed by atoms with E-state index in [1.54, 1.807) is 0 Å². The Bertz CT molecular complexity index is 250. The predicted octanol–water partition coefficient (Wildman–Crippen LogP) is 5.80. The van der Waals surface area contributed by atoms with Gasteiger partial charge in [0.15, 0.2) is 0 Å². The second-order valence-electron chi connectivity index (χ2n) is 6.65. The van der Waals surface area contributed by atoms with Gasteiger partial charge in [0.2, 0.25) is 0 Å². The van der Waals surface area contributed by atoms with Gasteiger partial charge in [0.25, 0.3) is 0 Å². The maximum Gasteiger partial charge on any atom is 0.303 e. The molecule has 0 spiro atoms. The molecule has 0 saturated heterocycles. The average Bonchev–Trinajstić information content (AvgIpc) is 2.85. The van der Waals surface area contributed by atoms with Gasteiger partial charge in [0.05, 0.1) is 0 Å². The molecule has 2 heteroatoms. The third kappa shape index (κ3) is 7.91. The van der Waals surface area contributed by atoms with Crippen molar-refractivity contribution in [2.45, 2.75) is 96.8 Å². The summed E-state index contributed by atoms with van der Waals surface area (Å²) in [5.74, 6) is 1.10. The van der Waals surface area contributed by atoms with Crippen LogP contribution in [-0.2, 0) is 4.79 Å². The zero-order valence-corrected chi connectivity index (χ0v) is 13.4. The first-order valence-corrected chi connectivity index (χ1v) is 8.95. The molecule has 1 saturated carbocycles. The third-order valence-corrected chi connectivity index (χ3v) is 4.96. The van der Waals surface area contributed by atoms with E-state index in [-0.39, 0.29) is 0 Å². The lowest BCUT2D eigenvalue weighted by Gasteiger charge is -2.19. The van der Waals surface area contributed by atoms with Crippen LogP contribution in [0.5, 0.6) is 0 Å². The van der Waals surface area contributed by atoms with Crippen LogP contribution in [0, 0.1) is 11.8 Å². The van der Waals surface area contributed by atoms with Gasteiger partial charge in [-0.3, -0.25) is 4.79 Å². The monoisotopic (exact) mass is 282 g/mol. The fourth-order valence-electron chi connectivity index (χ4n) is 3.75. The fraction of sp³-hybridized carbons (Fsp3) is 0.944. The predicted molar refractivity (Wildman–Crippen MR) is 84.9 cm³/mol. The SMILES string of the molecule is CCCCCCCCCC1CCCC1CCCC(=O)O. The summed E-state index contributed by atoms with van der Waals surface area (Å²) in [5.41, 5.74) is 0. The molecule has 1 aliphatic rings. The Morgan fingerprint density at radius 1 is 0.900 bits per heavy atom. The van der Waals surface area contributed by atoms with Crippen LogP contribution < -0.4 is 0 Å². The highest BCUT2D eigenvalue weighted by Gasteiger charge is 2.26. The molecule has 2 unspecified atom stereocenters. The van der Waals surface area contributed by atoms with Crippen molar-refractivity contribution in [3.8, 4) is 0 Å². The number of carboxylic acid groups (broad SMARTS) is 1. The molecule has 0 heterocycles. The van der Waals surface area contributed by atoms with E-state index in [1.807, 2.05) is 0 Å². The molecule has 0 aromatic rings. The average molecular weight is 282 g/mol. The number of carboxylic acids is 1. The minimum Gasteiger partial charge on any atom is -0.481 e. The molecule has 1 fully saturated rings. The lowest BCUT2D eigenvalue weighted by molar-refractivity contribution is -0.137. The summed E-state index contributed by atoms with van der Waals surface area (Å²) < 4.78 is 0. The van der Waals surface area contributed by atoms with Crippen molar-refractivity contribution >= 4 is 5.97 Å². The van der Waals surface area contributed by atoms with Crippen LogP contribution in [0.4, 0.5) is 0 Å². The van der Waals surface area contributed by atoms with E-state index in [2.05, 4.69) is 6.92 Å². The van der Waals surface area contributed by atoms with Gasteiger partial charge in [-0.1, -0.05) is 77.6 Å². The molecular weight excluding hydrogens is 248 g/mol. The van der Waals surface area contributed by atoms with E-state index in [1.165, 1.54) is 70.6 Å². The molecule has 1 rings (SSSR count). The van der Waals surface area contributed by atoms with Gasteiger partial charge in [-0.05, 0) is 24.7 Å². The number of rotatable bonds is 12. The molecule has 0 aromatic carbocycles. The standard InChI is InChI=1S/C18H34O2/c1-2-3-4-5-6-7-8-11-16-12-9-13-17(16)14-10-15-18(19)20/h16-17H,2-15H2,1H3,(H,19,20). The van der Waals surface area contributed by atoms with E-state index in [0.717, 1.165) is 24.7 Å². The van der Waals surface area contributed by atoms with Gasteiger partial charge in [-0.15, -0.1) is 0 Å². The molecule has 2 nitrogen and oxygen atoms in total. The summed E-state index contributed by atoms with van der Waals surface area (Å²) >= 11 is 0. The molecule has 1 aliphatic carbocycles. The van der Waals surface area contributed by atoms with Crippen molar-refractivity contribution in [1.29, 1.82) is 0 Å².